The van der Waals surface area contributed by atoms with Gasteiger partial charge >= 0.3 is 0 Å². The molecule has 3 aromatic rings. The molecular formula is C18H17N3OS. The summed E-state index contributed by atoms with van der Waals surface area (Å²) in [6.07, 6.45) is 5.25. The maximum atomic E-state index is 5.50. The van der Waals surface area contributed by atoms with Gasteiger partial charge in [-0.25, -0.2) is 4.68 Å². The van der Waals surface area contributed by atoms with E-state index in [0.29, 0.717) is 6.54 Å². The van der Waals surface area contributed by atoms with E-state index in [9.17, 15) is 0 Å². The van der Waals surface area contributed by atoms with Gasteiger partial charge in [-0.2, -0.15) is 5.10 Å². The van der Waals surface area contributed by atoms with Gasteiger partial charge in [-0.3, -0.25) is 4.99 Å². The van der Waals surface area contributed by atoms with Crippen molar-refractivity contribution in [1.82, 2.24) is 4.68 Å². The average Bonchev–Trinajstić information content (AvgIpc) is 3.20. The van der Waals surface area contributed by atoms with E-state index in [4.69, 9.17) is 4.42 Å². The lowest BCUT2D eigenvalue weighted by molar-refractivity contribution is 0.575. The quantitative estimate of drug-likeness (QED) is 0.515. The molecule has 0 fully saturated rings. The lowest BCUT2D eigenvalue weighted by Crippen LogP contribution is -2.12. The number of benzene rings is 1. The van der Waals surface area contributed by atoms with E-state index in [1.165, 1.54) is 16.9 Å². The summed E-state index contributed by atoms with van der Waals surface area (Å²) in [6.45, 7) is 6.33. The van der Waals surface area contributed by atoms with Crippen LogP contribution < -0.4 is 4.80 Å². The lowest BCUT2D eigenvalue weighted by atomic mass is 10.2. The zero-order chi connectivity index (χ0) is 16.1. The smallest absolute Gasteiger partial charge is 0.206 e. The molecule has 0 saturated heterocycles. The van der Waals surface area contributed by atoms with Crippen LogP contribution in [0, 0.1) is 6.92 Å². The van der Waals surface area contributed by atoms with Crippen molar-refractivity contribution in [2.24, 2.45) is 10.1 Å². The molecule has 0 spiro atoms. The number of aromatic nitrogens is 1. The van der Waals surface area contributed by atoms with Gasteiger partial charge in [-0.1, -0.05) is 35.9 Å². The van der Waals surface area contributed by atoms with Gasteiger partial charge in [0, 0.05) is 5.38 Å². The minimum atomic E-state index is 0.554. The second kappa shape index (κ2) is 7.07. The molecule has 5 heteroatoms. The Hall–Kier alpha value is -2.66. The lowest BCUT2D eigenvalue weighted by Gasteiger charge is -2.00. The number of hydrogen-bond donors (Lipinski definition) is 0. The molecule has 0 aliphatic carbocycles. The van der Waals surface area contributed by atoms with Crippen LogP contribution in [0.25, 0.3) is 11.5 Å². The van der Waals surface area contributed by atoms with Gasteiger partial charge in [0.05, 0.1) is 19.0 Å². The van der Waals surface area contributed by atoms with Crippen molar-refractivity contribution in [2.45, 2.75) is 6.92 Å². The van der Waals surface area contributed by atoms with Crippen molar-refractivity contribution in [1.29, 1.82) is 0 Å². The second-order valence-electron chi connectivity index (χ2n) is 4.98. The number of thiazole rings is 1. The Morgan fingerprint density at radius 2 is 2.22 bits per heavy atom. The highest BCUT2D eigenvalue weighted by molar-refractivity contribution is 7.07. The Morgan fingerprint density at radius 3 is 2.96 bits per heavy atom. The minimum absolute atomic E-state index is 0.554. The van der Waals surface area contributed by atoms with Crippen molar-refractivity contribution in [3.8, 4) is 11.5 Å². The molecule has 2 aromatic heterocycles. The van der Waals surface area contributed by atoms with Crippen molar-refractivity contribution >= 4 is 17.6 Å². The highest BCUT2D eigenvalue weighted by Crippen LogP contribution is 2.20. The van der Waals surface area contributed by atoms with E-state index >= 15 is 0 Å². The fourth-order valence-electron chi connectivity index (χ4n) is 2.13. The van der Waals surface area contributed by atoms with Crippen LogP contribution in [0.2, 0.25) is 0 Å². The number of aryl methyl sites for hydroxylation is 1. The normalized spacial score (nSPS) is 12.1. The molecule has 0 radical (unpaired) electrons. The van der Waals surface area contributed by atoms with Gasteiger partial charge in [-0.05, 0) is 24.6 Å². The summed E-state index contributed by atoms with van der Waals surface area (Å²) in [4.78, 5) is 5.30. The summed E-state index contributed by atoms with van der Waals surface area (Å²) in [6, 6.07) is 12.0. The number of furan rings is 1. The van der Waals surface area contributed by atoms with Crippen LogP contribution in [0.4, 0.5) is 0 Å². The van der Waals surface area contributed by atoms with Gasteiger partial charge < -0.3 is 4.42 Å². The van der Waals surface area contributed by atoms with E-state index in [0.717, 1.165) is 21.8 Å². The topological polar surface area (TPSA) is 42.8 Å². The Morgan fingerprint density at radius 1 is 1.30 bits per heavy atom. The molecule has 116 valence electrons. The number of hydrogen-bond acceptors (Lipinski definition) is 4. The zero-order valence-electron chi connectivity index (χ0n) is 12.8. The summed E-state index contributed by atoms with van der Waals surface area (Å²) in [5.74, 6) is 0.766. The van der Waals surface area contributed by atoms with Gasteiger partial charge in [0.1, 0.15) is 5.69 Å². The summed E-state index contributed by atoms with van der Waals surface area (Å²) in [5.41, 5.74) is 3.13. The number of rotatable bonds is 5. The zero-order valence-corrected chi connectivity index (χ0v) is 13.7. The van der Waals surface area contributed by atoms with Gasteiger partial charge in [-0.15, -0.1) is 17.9 Å². The molecule has 0 unspecified atom stereocenters. The molecule has 23 heavy (non-hydrogen) atoms. The van der Waals surface area contributed by atoms with E-state index < -0.39 is 0 Å². The summed E-state index contributed by atoms with van der Waals surface area (Å²) >= 11 is 1.53. The third kappa shape index (κ3) is 3.57. The molecule has 4 nitrogen and oxygen atoms in total. The van der Waals surface area contributed by atoms with E-state index in [-0.39, 0.29) is 0 Å². The fourth-order valence-corrected chi connectivity index (χ4v) is 2.96. The SMILES string of the molecule is C=CCN=c1scc(-c2ccco2)n1N=Cc1cccc(C)c1. The van der Waals surface area contributed by atoms with Crippen LogP contribution in [-0.2, 0) is 0 Å². The molecule has 1 aromatic carbocycles. The second-order valence-corrected chi connectivity index (χ2v) is 5.82. The van der Waals surface area contributed by atoms with Crippen LogP contribution in [0.5, 0.6) is 0 Å². The van der Waals surface area contributed by atoms with Crippen LogP contribution >= 0.6 is 11.3 Å². The largest absolute Gasteiger partial charge is 0.463 e. The summed E-state index contributed by atoms with van der Waals surface area (Å²) < 4.78 is 7.30. The van der Waals surface area contributed by atoms with E-state index in [2.05, 4.69) is 35.7 Å². The van der Waals surface area contributed by atoms with Crippen LogP contribution in [0.1, 0.15) is 11.1 Å². The highest BCUT2D eigenvalue weighted by Gasteiger charge is 2.09. The molecule has 2 heterocycles. The molecule has 0 atom stereocenters. The Labute approximate surface area is 138 Å². The van der Waals surface area contributed by atoms with Crippen molar-refractivity contribution in [2.75, 3.05) is 6.54 Å². The Balaban J connectivity index is 2.05. The monoisotopic (exact) mass is 323 g/mol. The molecule has 3 rings (SSSR count). The molecular weight excluding hydrogens is 306 g/mol. The molecule has 0 N–H and O–H groups in total. The molecule has 0 amide bonds. The summed E-state index contributed by atoms with van der Waals surface area (Å²) in [7, 11) is 0. The minimum Gasteiger partial charge on any atom is -0.463 e. The molecule has 0 saturated carbocycles. The van der Waals surface area contributed by atoms with Crippen molar-refractivity contribution in [3.63, 3.8) is 0 Å². The van der Waals surface area contributed by atoms with Crippen LogP contribution in [-0.4, -0.2) is 17.4 Å². The molecule has 0 aliphatic heterocycles. The maximum Gasteiger partial charge on any atom is 0.206 e. The van der Waals surface area contributed by atoms with Crippen LogP contribution in [0.3, 0.4) is 0 Å². The first-order valence-electron chi connectivity index (χ1n) is 7.25. The van der Waals surface area contributed by atoms with Crippen LogP contribution in [0.15, 0.2) is 75.2 Å². The Bertz CT molecular complexity index is 885. The average molecular weight is 323 g/mol. The predicted molar refractivity (Wildman–Crippen MR) is 94.8 cm³/mol. The number of nitrogens with zero attached hydrogens (tertiary/aromatic N) is 3. The van der Waals surface area contributed by atoms with E-state index in [1.807, 2.05) is 35.9 Å². The van der Waals surface area contributed by atoms with Gasteiger partial charge in [0.25, 0.3) is 0 Å². The highest BCUT2D eigenvalue weighted by atomic mass is 32.1. The summed E-state index contributed by atoms with van der Waals surface area (Å²) in [5, 5.41) is 6.59. The standard InChI is InChI=1S/C18H17N3OS/c1-3-9-19-18-21(16(13-23-18)17-8-5-10-22-17)20-12-15-7-4-6-14(2)11-15/h3-8,10-13H,1,9H2,2H3. The van der Waals surface area contributed by atoms with Gasteiger partial charge in [0.15, 0.2) is 5.76 Å². The van der Waals surface area contributed by atoms with Gasteiger partial charge in [0.2, 0.25) is 4.80 Å². The van der Waals surface area contributed by atoms with E-state index in [1.54, 1.807) is 17.0 Å². The Kier molecular flexibility index (Phi) is 4.68. The van der Waals surface area contributed by atoms with Crippen molar-refractivity contribution in [3.05, 3.63) is 76.6 Å². The maximum absolute atomic E-state index is 5.50. The predicted octanol–water partition coefficient (Wildman–Crippen LogP) is 4.09. The first-order valence-corrected chi connectivity index (χ1v) is 8.13. The first kappa shape index (κ1) is 15.2. The molecule has 0 aliphatic rings. The third-order valence-electron chi connectivity index (χ3n) is 3.18. The third-order valence-corrected chi connectivity index (χ3v) is 4.03. The van der Waals surface area contributed by atoms with Crippen molar-refractivity contribution < 1.29 is 4.42 Å². The molecule has 0 bridgehead atoms. The first-order chi connectivity index (χ1) is 11.3. The fraction of sp³-hybridized carbons (Fsp3) is 0.111.